The number of nitrogens with zero attached hydrogens (tertiary/aromatic N) is 1. The lowest BCUT2D eigenvalue weighted by Gasteiger charge is -2.24. The molecule has 0 fully saturated rings. The second-order valence-corrected chi connectivity index (χ2v) is 8.36. The van der Waals surface area contributed by atoms with E-state index in [0.29, 0.717) is 5.69 Å². The number of nitrogens with one attached hydrogen (secondary N) is 3. The van der Waals surface area contributed by atoms with Gasteiger partial charge in [0.05, 0.1) is 6.33 Å². The maximum Gasteiger partial charge on any atom is 0.408 e. The van der Waals surface area contributed by atoms with E-state index in [0.717, 1.165) is 11.1 Å². The fourth-order valence-electron chi connectivity index (χ4n) is 3.30. The summed E-state index contributed by atoms with van der Waals surface area (Å²) >= 11 is 0. The second kappa shape index (κ2) is 12.9. The van der Waals surface area contributed by atoms with Crippen LogP contribution >= 0.6 is 0 Å². The lowest BCUT2D eigenvalue weighted by molar-refractivity contribution is -0.150. The predicted molar refractivity (Wildman–Crippen MR) is 129 cm³/mol. The van der Waals surface area contributed by atoms with E-state index in [1.807, 2.05) is 60.7 Å². The van der Waals surface area contributed by atoms with E-state index in [-0.39, 0.29) is 25.6 Å². The van der Waals surface area contributed by atoms with Crippen molar-refractivity contribution in [3.8, 4) is 0 Å². The van der Waals surface area contributed by atoms with Gasteiger partial charge in [0.1, 0.15) is 25.3 Å². The molecule has 0 bridgehead atoms. The number of hydrogen-bond donors (Lipinski definition) is 3. The summed E-state index contributed by atoms with van der Waals surface area (Å²) in [6.45, 7) is 3.77. The van der Waals surface area contributed by atoms with Gasteiger partial charge in [0, 0.05) is 18.3 Å². The molecule has 184 valence electrons. The molecule has 9 nitrogen and oxygen atoms in total. The third-order valence-electron chi connectivity index (χ3n) is 5.24. The van der Waals surface area contributed by atoms with E-state index in [9.17, 15) is 14.4 Å². The van der Waals surface area contributed by atoms with Crippen molar-refractivity contribution in [2.24, 2.45) is 5.92 Å². The summed E-state index contributed by atoms with van der Waals surface area (Å²) in [5.74, 6) is -1.32. The van der Waals surface area contributed by atoms with Crippen LogP contribution in [0.1, 0.15) is 30.7 Å². The number of amides is 2. The van der Waals surface area contributed by atoms with Gasteiger partial charge < -0.3 is 25.1 Å². The maximum absolute atomic E-state index is 13.1. The zero-order valence-corrected chi connectivity index (χ0v) is 19.8. The van der Waals surface area contributed by atoms with E-state index in [1.54, 1.807) is 20.0 Å². The Bertz CT molecular complexity index is 1070. The van der Waals surface area contributed by atoms with Gasteiger partial charge in [-0.25, -0.2) is 14.6 Å². The molecule has 3 N–H and O–H groups in total. The van der Waals surface area contributed by atoms with E-state index in [1.165, 1.54) is 6.33 Å². The van der Waals surface area contributed by atoms with Gasteiger partial charge in [-0.05, 0) is 17.0 Å². The Morgan fingerprint density at radius 3 is 2.03 bits per heavy atom. The number of benzene rings is 2. The van der Waals surface area contributed by atoms with Crippen LogP contribution in [0.25, 0.3) is 0 Å². The maximum atomic E-state index is 13.1. The van der Waals surface area contributed by atoms with Crippen LogP contribution in [0.5, 0.6) is 0 Å². The van der Waals surface area contributed by atoms with Crippen molar-refractivity contribution in [2.75, 3.05) is 0 Å². The molecule has 1 aromatic heterocycles. The number of esters is 1. The first-order valence-electron chi connectivity index (χ1n) is 11.4. The van der Waals surface area contributed by atoms with Gasteiger partial charge in [-0.2, -0.15) is 0 Å². The molecule has 0 saturated carbocycles. The van der Waals surface area contributed by atoms with Crippen LogP contribution in [-0.2, 0) is 38.7 Å². The summed E-state index contributed by atoms with van der Waals surface area (Å²) < 4.78 is 10.7. The number of imidazole rings is 1. The smallest absolute Gasteiger partial charge is 0.408 e. The molecule has 0 saturated heterocycles. The number of carbonyl (C=O) groups is 3. The summed E-state index contributed by atoms with van der Waals surface area (Å²) in [5, 5.41) is 5.32. The van der Waals surface area contributed by atoms with Crippen LogP contribution in [-0.4, -0.2) is 40.0 Å². The minimum atomic E-state index is -0.998. The molecular formula is C26H30N4O5. The Morgan fingerprint density at radius 1 is 0.886 bits per heavy atom. The lowest BCUT2D eigenvalue weighted by atomic mass is 10.0. The van der Waals surface area contributed by atoms with Crippen LogP contribution in [0.3, 0.4) is 0 Å². The average Bonchev–Trinajstić information content (AvgIpc) is 3.38. The molecule has 0 radical (unpaired) electrons. The Morgan fingerprint density at radius 2 is 1.49 bits per heavy atom. The highest BCUT2D eigenvalue weighted by Gasteiger charge is 2.30. The molecule has 9 heteroatoms. The standard InChI is InChI=1S/C26H30N4O5/c1-18(2)23(25(32)34-15-19-9-5-3-6-10-19)30-24(31)22(13-21-14-27-17-28-21)29-26(33)35-16-20-11-7-4-8-12-20/h3-12,14,17-18,22-23H,13,15-16H2,1-2H3,(H,27,28)(H,29,33)(H,30,31)/t22?,23-/m0/s1. The third-order valence-corrected chi connectivity index (χ3v) is 5.24. The largest absolute Gasteiger partial charge is 0.459 e. The van der Waals surface area contributed by atoms with Gasteiger partial charge in [0.2, 0.25) is 5.91 Å². The molecule has 3 aromatic rings. The van der Waals surface area contributed by atoms with E-state index < -0.39 is 30.1 Å². The minimum absolute atomic E-state index is 0.0610. The van der Waals surface area contributed by atoms with Crippen molar-refractivity contribution in [3.63, 3.8) is 0 Å². The Kier molecular flexibility index (Phi) is 9.41. The highest BCUT2D eigenvalue weighted by atomic mass is 16.5. The van der Waals surface area contributed by atoms with Gasteiger partial charge in [0.25, 0.3) is 0 Å². The number of aromatic amines is 1. The van der Waals surface area contributed by atoms with Crippen LogP contribution in [0.2, 0.25) is 0 Å². The molecule has 0 spiro atoms. The molecule has 0 aliphatic carbocycles. The summed E-state index contributed by atoms with van der Waals surface area (Å²) in [7, 11) is 0. The number of aromatic nitrogens is 2. The summed E-state index contributed by atoms with van der Waals surface area (Å²) in [6.07, 6.45) is 2.43. The van der Waals surface area contributed by atoms with Crippen molar-refractivity contribution < 1.29 is 23.9 Å². The Balaban J connectivity index is 1.62. The first-order valence-corrected chi connectivity index (χ1v) is 11.4. The number of rotatable bonds is 11. The van der Waals surface area contributed by atoms with Gasteiger partial charge >= 0.3 is 12.1 Å². The quantitative estimate of drug-likeness (QED) is 0.364. The van der Waals surface area contributed by atoms with Crippen molar-refractivity contribution in [1.29, 1.82) is 0 Å². The van der Waals surface area contributed by atoms with Crippen molar-refractivity contribution in [2.45, 2.75) is 45.6 Å². The number of alkyl carbamates (subject to hydrolysis) is 1. The number of H-pyrrole nitrogens is 1. The number of hydrogen-bond acceptors (Lipinski definition) is 6. The molecule has 2 atom stereocenters. The van der Waals surface area contributed by atoms with Crippen LogP contribution in [0.4, 0.5) is 4.79 Å². The molecular weight excluding hydrogens is 448 g/mol. The van der Waals surface area contributed by atoms with E-state index in [2.05, 4.69) is 20.6 Å². The minimum Gasteiger partial charge on any atom is -0.459 e. The normalized spacial score (nSPS) is 12.4. The molecule has 0 aliphatic rings. The summed E-state index contributed by atoms with van der Waals surface area (Å²) in [4.78, 5) is 45.2. The van der Waals surface area contributed by atoms with Gasteiger partial charge in [-0.3, -0.25) is 4.79 Å². The summed E-state index contributed by atoms with van der Waals surface area (Å²) in [6, 6.07) is 16.6. The monoisotopic (exact) mass is 478 g/mol. The average molecular weight is 479 g/mol. The molecule has 3 rings (SSSR count). The SMILES string of the molecule is CC(C)[C@H](NC(=O)C(Cc1cnc[nH]1)NC(=O)OCc1ccccc1)C(=O)OCc1ccccc1. The highest BCUT2D eigenvalue weighted by molar-refractivity contribution is 5.90. The lowest BCUT2D eigenvalue weighted by Crippen LogP contribution is -2.54. The van der Waals surface area contributed by atoms with Gasteiger partial charge in [-0.1, -0.05) is 74.5 Å². The van der Waals surface area contributed by atoms with Crippen LogP contribution in [0.15, 0.2) is 73.2 Å². The third kappa shape index (κ3) is 8.29. The molecule has 1 heterocycles. The highest BCUT2D eigenvalue weighted by Crippen LogP contribution is 2.09. The number of ether oxygens (including phenoxy) is 2. The molecule has 0 aliphatic heterocycles. The van der Waals surface area contributed by atoms with Crippen molar-refractivity contribution >= 4 is 18.0 Å². The molecule has 2 amide bonds. The summed E-state index contributed by atoms with van der Waals surface area (Å²) in [5.41, 5.74) is 2.30. The zero-order chi connectivity index (χ0) is 25.0. The zero-order valence-electron chi connectivity index (χ0n) is 19.8. The van der Waals surface area contributed by atoms with Crippen molar-refractivity contribution in [1.82, 2.24) is 20.6 Å². The molecule has 2 aromatic carbocycles. The van der Waals surface area contributed by atoms with Crippen LogP contribution in [0, 0.1) is 5.92 Å². The van der Waals surface area contributed by atoms with Gasteiger partial charge in [0.15, 0.2) is 0 Å². The first-order chi connectivity index (χ1) is 16.9. The van der Waals surface area contributed by atoms with Crippen LogP contribution < -0.4 is 10.6 Å². The molecule has 1 unspecified atom stereocenters. The van der Waals surface area contributed by atoms with Gasteiger partial charge in [-0.15, -0.1) is 0 Å². The topological polar surface area (TPSA) is 122 Å². The van der Waals surface area contributed by atoms with E-state index >= 15 is 0 Å². The molecule has 35 heavy (non-hydrogen) atoms. The number of carbonyl (C=O) groups excluding carboxylic acids is 3. The van der Waals surface area contributed by atoms with E-state index in [4.69, 9.17) is 9.47 Å². The Hall–Kier alpha value is -4.14. The predicted octanol–water partition coefficient (Wildman–Crippen LogP) is 3.13. The Labute approximate surface area is 204 Å². The fraction of sp³-hybridized carbons (Fsp3) is 0.308. The fourth-order valence-corrected chi connectivity index (χ4v) is 3.30. The first kappa shape index (κ1) is 25.5. The van der Waals surface area contributed by atoms with Crippen molar-refractivity contribution in [3.05, 3.63) is 90.0 Å². The second-order valence-electron chi connectivity index (χ2n) is 8.36.